The minimum Gasteiger partial charge on any atom is -0.384 e. The van der Waals surface area contributed by atoms with E-state index in [0.29, 0.717) is 31.0 Å². The molecule has 2 rings (SSSR count). The third kappa shape index (κ3) is 4.20. The summed E-state index contributed by atoms with van der Waals surface area (Å²) >= 11 is 0. The van der Waals surface area contributed by atoms with Crippen LogP contribution in [0.25, 0.3) is 0 Å². The summed E-state index contributed by atoms with van der Waals surface area (Å²) in [4.78, 5) is 14.8. The molecule has 0 bridgehead atoms. The van der Waals surface area contributed by atoms with Crippen molar-refractivity contribution in [1.82, 2.24) is 4.90 Å². The van der Waals surface area contributed by atoms with Crippen LogP contribution in [0.3, 0.4) is 0 Å². The fourth-order valence-electron chi connectivity index (χ4n) is 3.74. The lowest BCUT2D eigenvalue weighted by Crippen LogP contribution is -2.49. The summed E-state index contributed by atoms with van der Waals surface area (Å²) in [6, 6.07) is 1.03. The van der Waals surface area contributed by atoms with Gasteiger partial charge in [0.05, 0.1) is 13.0 Å². The van der Waals surface area contributed by atoms with Gasteiger partial charge in [-0.1, -0.05) is 38.5 Å². The maximum Gasteiger partial charge on any atom is 0.225 e. The van der Waals surface area contributed by atoms with Crippen LogP contribution < -0.4 is 0 Å². The molecular weight excluding hydrogens is 238 g/mol. The largest absolute Gasteiger partial charge is 0.384 e. The van der Waals surface area contributed by atoms with Crippen molar-refractivity contribution in [1.29, 1.82) is 0 Å². The SMILES string of the molecule is COCCC(=O)N(C1CCCCC1)C1CCCCC1. The fourth-order valence-corrected chi connectivity index (χ4v) is 3.74. The second-order valence-corrected chi connectivity index (χ2v) is 6.13. The molecule has 1 amide bonds. The Kier molecular flexibility index (Phi) is 6.15. The second-order valence-electron chi connectivity index (χ2n) is 6.13. The smallest absolute Gasteiger partial charge is 0.225 e. The van der Waals surface area contributed by atoms with Crippen molar-refractivity contribution in [2.24, 2.45) is 0 Å². The highest BCUT2D eigenvalue weighted by molar-refractivity contribution is 5.77. The molecule has 19 heavy (non-hydrogen) atoms. The Morgan fingerprint density at radius 3 is 1.84 bits per heavy atom. The summed E-state index contributed by atoms with van der Waals surface area (Å²) in [5.41, 5.74) is 0. The number of amides is 1. The Labute approximate surface area is 117 Å². The summed E-state index contributed by atoms with van der Waals surface area (Å²) in [7, 11) is 1.68. The van der Waals surface area contributed by atoms with Crippen LogP contribution >= 0.6 is 0 Å². The molecule has 0 radical (unpaired) electrons. The van der Waals surface area contributed by atoms with Gasteiger partial charge < -0.3 is 9.64 Å². The van der Waals surface area contributed by atoms with E-state index in [9.17, 15) is 4.79 Å². The summed E-state index contributed by atoms with van der Waals surface area (Å²) in [5, 5.41) is 0. The lowest BCUT2D eigenvalue weighted by atomic mass is 9.88. The molecule has 3 heteroatoms. The van der Waals surface area contributed by atoms with Crippen molar-refractivity contribution < 1.29 is 9.53 Å². The van der Waals surface area contributed by atoms with E-state index in [4.69, 9.17) is 4.74 Å². The normalized spacial score (nSPS) is 22.4. The fraction of sp³-hybridized carbons (Fsp3) is 0.938. The number of carbonyl (C=O) groups excluding carboxylic acids is 1. The number of rotatable bonds is 5. The molecule has 0 aromatic rings. The zero-order valence-electron chi connectivity index (χ0n) is 12.4. The Hall–Kier alpha value is -0.570. The first-order chi connectivity index (χ1) is 9.33. The quantitative estimate of drug-likeness (QED) is 0.763. The van der Waals surface area contributed by atoms with Gasteiger partial charge >= 0.3 is 0 Å². The van der Waals surface area contributed by atoms with Crippen LogP contribution in [0.4, 0.5) is 0 Å². The molecule has 0 unspecified atom stereocenters. The van der Waals surface area contributed by atoms with E-state index in [1.807, 2.05) is 0 Å². The number of carbonyl (C=O) groups is 1. The van der Waals surface area contributed by atoms with Crippen molar-refractivity contribution in [2.75, 3.05) is 13.7 Å². The predicted molar refractivity (Wildman–Crippen MR) is 77.1 cm³/mol. The van der Waals surface area contributed by atoms with Crippen LogP contribution in [0.15, 0.2) is 0 Å². The van der Waals surface area contributed by atoms with Gasteiger partial charge in [-0.15, -0.1) is 0 Å². The van der Waals surface area contributed by atoms with Crippen LogP contribution in [-0.2, 0) is 9.53 Å². The molecule has 3 nitrogen and oxygen atoms in total. The number of hydrogen-bond acceptors (Lipinski definition) is 2. The number of ether oxygens (including phenoxy) is 1. The van der Waals surface area contributed by atoms with Crippen molar-refractivity contribution in [3.05, 3.63) is 0 Å². The van der Waals surface area contributed by atoms with Crippen molar-refractivity contribution >= 4 is 5.91 Å². The summed E-state index contributed by atoms with van der Waals surface area (Å²) in [6.45, 7) is 0.564. The van der Waals surface area contributed by atoms with E-state index in [1.165, 1.54) is 64.2 Å². The summed E-state index contributed by atoms with van der Waals surface area (Å²) in [6.07, 6.45) is 13.3. The molecule has 0 atom stereocenters. The van der Waals surface area contributed by atoms with Gasteiger partial charge in [0.1, 0.15) is 0 Å². The van der Waals surface area contributed by atoms with Gasteiger partial charge in [-0.25, -0.2) is 0 Å². The van der Waals surface area contributed by atoms with Crippen LogP contribution in [0, 0.1) is 0 Å². The van der Waals surface area contributed by atoms with Crippen molar-refractivity contribution in [3.8, 4) is 0 Å². The van der Waals surface area contributed by atoms with Gasteiger partial charge in [-0.05, 0) is 25.7 Å². The van der Waals surface area contributed by atoms with Crippen LogP contribution in [0.2, 0.25) is 0 Å². The minimum absolute atomic E-state index is 0.334. The average Bonchev–Trinajstić information content (AvgIpc) is 2.47. The zero-order valence-corrected chi connectivity index (χ0v) is 12.4. The van der Waals surface area contributed by atoms with Gasteiger partial charge in [0.25, 0.3) is 0 Å². The summed E-state index contributed by atoms with van der Waals surface area (Å²) in [5.74, 6) is 0.334. The lowest BCUT2D eigenvalue weighted by molar-refractivity contribution is -0.139. The van der Waals surface area contributed by atoms with E-state index in [2.05, 4.69) is 4.90 Å². The van der Waals surface area contributed by atoms with Gasteiger partial charge in [-0.2, -0.15) is 0 Å². The summed E-state index contributed by atoms with van der Waals surface area (Å²) < 4.78 is 5.09. The molecule has 2 aliphatic rings. The van der Waals surface area contributed by atoms with E-state index in [1.54, 1.807) is 7.11 Å². The maximum atomic E-state index is 12.5. The van der Waals surface area contributed by atoms with Crippen molar-refractivity contribution in [2.45, 2.75) is 82.7 Å². The first-order valence-corrected chi connectivity index (χ1v) is 8.13. The Morgan fingerprint density at radius 2 is 1.42 bits per heavy atom. The molecule has 0 spiro atoms. The Balaban J connectivity index is 1.99. The molecule has 2 saturated carbocycles. The zero-order chi connectivity index (χ0) is 13.5. The topological polar surface area (TPSA) is 29.5 Å². The average molecular weight is 267 g/mol. The molecule has 0 aromatic heterocycles. The first kappa shape index (κ1) is 14.8. The molecular formula is C16H29NO2. The van der Waals surface area contributed by atoms with E-state index < -0.39 is 0 Å². The van der Waals surface area contributed by atoms with Gasteiger partial charge in [-0.3, -0.25) is 4.79 Å². The van der Waals surface area contributed by atoms with E-state index in [0.717, 1.165) is 0 Å². The molecule has 110 valence electrons. The van der Waals surface area contributed by atoms with Crippen molar-refractivity contribution in [3.63, 3.8) is 0 Å². The number of methoxy groups -OCH3 is 1. The third-order valence-corrected chi connectivity index (χ3v) is 4.74. The Bertz CT molecular complexity index is 250. The molecule has 2 aliphatic carbocycles. The van der Waals surface area contributed by atoms with E-state index in [-0.39, 0.29) is 0 Å². The highest BCUT2D eigenvalue weighted by atomic mass is 16.5. The van der Waals surface area contributed by atoms with Crippen LogP contribution in [0.5, 0.6) is 0 Å². The van der Waals surface area contributed by atoms with Crippen LogP contribution in [0.1, 0.15) is 70.6 Å². The monoisotopic (exact) mass is 267 g/mol. The molecule has 2 fully saturated rings. The molecule has 0 aromatic carbocycles. The molecule has 0 aliphatic heterocycles. The standard InChI is InChI=1S/C16H29NO2/c1-19-13-12-16(18)17(14-8-4-2-5-9-14)15-10-6-3-7-11-15/h14-15H,2-13H2,1H3. The minimum atomic E-state index is 0.334. The highest BCUT2D eigenvalue weighted by Gasteiger charge is 2.31. The molecule has 0 heterocycles. The Morgan fingerprint density at radius 1 is 0.947 bits per heavy atom. The maximum absolute atomic E-state index is 12.5. The van der Waals surface area contributed by atoms with Crippen LogP contribution in [-0.4, -0.2) is 36.6 Å². The molecule has 0 N–H and O–H groups in total. The van der Waals surface area contributed by atoms with E-state index >= 15 is 0 Å². The first-order valence-electron chi connectivity index (χ1n) is 8.13. The highest BCUT2D eigenvalue weighted by Crippen LogP contribution is 2.30. The van der Waals surface area contributed by atoms with Gasteiger partial charge in [0, 0.05) is 19.2 Å². The lowest BCUT2D eigenvalue weighted by Gasteiger charge is -2.42. The third-order valence-electron chi connectivity index (χ3n) is 4.74. The van der Waals surface area contributed by atoms with Gasteiger partial charge in [0.2, 0.25) is 5.91 Å². The molecule has 0 saturated heterocycles. The second kappa shape index (κ2) is 7.88. The number of nitrogens with zero attached hydrogens (tertiary/aromatic N) is 1. The predicted octanol–water partition coefficient (Wildman–Crippen LogP) is 3.52. The van der Waals surface area contributed by atoms with Gasteiger partial charge in [0.15, 0.2) is 0 Å². The number of hydrogen-bond donors (Lipinski definition) is 0.